The number of ether oxygens (including phenoxy) is 2. The molecule has 182 valence electrons. The molecule has 2 N–H and O–H groups in total. The molecule has 1 unspecified atom stereocenters. The summed E-state index contributed by atoms with van der Waals surface area (Å²) in [7, 11) is 1.58. The number of rotatable bonds is 8. The highest BCUT2D eigenvalue weighted by Gasteiger charge is 2.23. The highest BCUT2D eigenvalue weighted by atomic mass is 19.1. The third kappa shape index (κ3) is 7.50. The monoisotopic (exact) mass is 469 g/mol. The van der Waals surface area contributed by atoms with Crippen molar-refractivity contribution in [1.82, 2.24) is 10.2 Å². The van der Waals surface area contributed by atoms with E-state index in [9.17, 15) is 14.0 Å². The molecule has 3 amide bonds. The lowest BCUT2D eigenvalue weighted by molar-refractivity contribution is -0.127. The van der Waals surface area contributed by atoms with E-state index in [1.165, 1.54) is 18.2 Å². The Morgan fingerprint density at radius 3 is 2.76 bits per heavy atom. The Morgan fingerprint density at radius 1 is 1.21 bits per heavy atom. The molecular formula is C26H32FN3O4. The Labute approximate surface area is 199 Å². The molecule has 2 aromatic rings. The van der Waals surface area contributed by atoms with E-state index in [0.717, 1.165) is 18.4 Å². The van der Waals surface area contributed by atoms with Gasteiger partial charge in [0, 0.05) is 31.4 Å². The third-order valence-corrected chi connectivity index (χ3v) is 5.43. The van der Waals surface area contributed by atoms with E-state index < -0.39 is 11.8 Å². The molecule has 0 aromatic heterocycles. The number of nitrogens with one attached hydrogen (secondary N) is 2. The van der Waals surface area contributed by atoms with Crippen LogP contribution in [0.4, 0.5) is 14.9 Å². The number of anilines is 1. The fourth-order valence-corrected chi connectivity index (χ4v) is 3.82. The predicted molar refractivity (Wildman–Crippen MR) is 131 cm³/mol. The predicted octanol–water partition coefficient (Wildman–Crippen LogP) is 4.70. The Hall–Kier alpha value is -3.55. The van der Waals surface area contributed by atoms with Gasteiger partial charge in [-0.05, 0) is 74.6 Å². The average Bonchev–Trinajstić information content (AvgIpc) is 2.81. The first-order valence-electron chi connectivity index (χ1n) is 11.5. The number of carbonyl (C=O) groups is 2. The summed E-state index contributed by atoms with van der Waals surface area (Å²) >= 11 is 0. The van der Waals surface area contributed by atoms with E-state index in [0.29, 0.717) is 36.8 Å². The van der Waals surface area contributed by atoms with Gasteiger partial charge in [-0.15, -0.1) is 0 Å². The average molecular weight is 470 g/mol. The summed E-state index contributed by atoms with van der Waals surface area (Å²) in [5.41, 5.74) is 1.23. The van der Waals surface area contributed by atoms with Crippen LogP contribution in [0.3, 0.4) is 0 Å². The van der Waals surface area contributed by atoms with Crippen LogP contribution in [0.5, 0.6) is 11.5 Å². The van der Waals surface area contributed by atoms with E-state index in [-0.39, 0.29) is 17.9 Å². The molecule has 2 aromatic carbocycles. The van der Waals surface area contributed by atoms with Gasteiger partial charge >= 0.3 is 6.03 Å². The van der Waals surface area contributed by atoms with E-state index in [2.05, 4.69) is 10.6 Å². The number of urea groups is 1. The number of hydrogen-bond acceptors (Lipinski definition) is 4. The quantitative estimate of drug-likeness (QED) is 0.550. The van der Waals surface area contributed by atoms with Crippen LogP contribution in [-0.2, 0) is 4.79 Å². The normalized spacial score (nSPS) is 15.9. The zero-order valence-electron chi connectivity index (χ0n) is 19.8. The SMILES string of the molecule is COc1cc(/C=C/C(=O)N2CCCC(CNC(=O)Nc3cccc(F)c3)C2)ccc1OC(C)C. The second-order valence-corrected chi connectivity index (χ2v) is 8.55. The second kappa shape index (κ2) is 12.1. The summed E-state index contributed by atoms with van der Waals surface area (Å²) < 4.78 is 24.4. The minimum atomic E-state index is -0.412. The first-order chi connectivity index (χ1) is 16.3. The van der Waals surface area contributed by atoms with Crippen molar-refractivity contribution < 1.29 is 23.5 Å². The third-order valence-electron chi connectivity index (χ3n) is 5.43. The lowest BCUT2D eigenvalue weighted by Gasteiger charge is -2.32. The van der Waals surface area contributed by atoms with Crippen molar-refractivity contribution in [2.75, 3.05) is 32.1 Å². The fourth-order valence-electron chi connectivity index (χ4n) is 3.82. The maximum absolute atomic E-state index is 13.3. The molecule has 8 heteroatoms. The van der Waals surface area contributed by atoms with Gasteiger partial charge in [-0.25, -0.2) is 9.18 Å². The van der Waals surface area contributed by atoms with Crippen molar-refractivity contribution in [2.24, 2.45) is 5.92 Å². The van der Waals surface area contributed by atoms with Crippen LogP contribution in [-0.4, -0.2) is 49.7 Å². The smallest absolute Gasteiger partial charge is 0.319 e. The summed E-state index contributed by atoms with van der Waals surface area (Å²) in [5.74, 6) is 0.940. The molecule has 1 saturated heterocycles. The molecule has 3 rings (SSSR count). The summed E-state index contributed by atoms with van der Waals surface area (Å²) in [6.45, 7) is 5.57. The lowest BCUT2D eigenvalue weighted by atomic mass is 9.98. The van der Waals surface area contributed by atoms with Gasteiger partial charge in [-0.1, -0.05) is 12.1 Å². The zero-order valence-corrected chi connectivity index (χ0v) is 19.8. The van der Waals surface area contributed by atoms with Crippen LogP contribution in [0, 0.1) is 11.7 Å². The standard InChI is InChI=1S/C26H32FN3O4/c1-18(2)34-23-11-9-19(14-24(23)33-3)10-12-25(31)30-13-5-6-20(17-30)16-28-26(32)29-22-8-4-7-21(27)15-22/h4,7-12,14-15,18,20H,5-6,13,16-17H2,1-3H3,(H2,28,29,32)/b12-10+. The second-order valence-electron chi connectivity index (χ2n) is 8.55. The molecule has 1 heterocycles. The molecule has 0 radical (unpaired) electrons. The van der Waals surface area contributed by atoms with Crippen LogP contribution in [0.2, 0.25) is 0 Å². The van der Waals surface area contributed by atoms with Crippen LogP contribution >= 0.6 is 0 Å². The molecule has 7 nitrogen and oxygen atoms in total. The van der Waals surface area contributed by atoms with E-state index in [4.69, 9.17) is 9.47 Å². The highest BCUT2D eigenvalue weighted by molar-refractivity contribution is 5.92. The zero-order chi connectivity index (χ0) is 24.5. The summed E-state index contributed by atoms with van der Waals surface area (Å²) in [5, 5.41) is 5.43. The molecule has 1 atom stereocenters. The van der Waals surface area contributed by atoms with Crippen LogP contribution in [0.1, 0.15) is 32.3 Å². The maximum atomic E-state index is 13.3. The van der Waals surface area contributed by atoms with Crippen molar-refractivity contribution in [1.29, 1.82) is 0 Å². The van der Waals surface area contributed by atoms with Crippen LogP contribution in [0.15, 0.2) is 48.5 Å². The van der Waals surface area contributed by atoms with E-state index >= 15 is 0 Å². The van der Waals surface area contributed by atoms with Gasteiger partial charge in [-0.3, -0.25) is 4.79 Å². The first kappa shape index (κ1) is 25.1. The molecule has 0 spiro atoms. The Balaban J connectivity index is 1.51. The fraction of sp³-hybridized carbons (Fsp3) is 0.385. The minimum absolute atomic E-state index is 0.0332. The Kier molecular flexibility index (Phi) is 8.90. The number of methoxy groups -OCH3 is 1. The van der Waals surface area contributed by atoms with Crippen molar-refractivity contribution >= 4 is 23.7 Å². The number of nitrogens with zero attached hydrogens (tertiary/aromatic N) is 1. The van der Waals surface area contributed by atoms with Crippen LogP contribution < -0.4 is 20.1 Å². The number of carbonyl (C=O) groups excluding carboxylic acids is 2. The number of likely N-dealkylation sites (tertiary alicyclic amines) is 1. The van der Waals surface area contributed by atoms with Gasteiger partial charge in [0.15, 0.2) is 11.5 Å². The van der Waals surface area contributed by atoms with Crippen molar-refractivity contribution in [3.8, 4) is 11.5 Å². The van der Waals surface area contributed by atoms with Crippen molar-refractivity contribution in [3.63, 3.8) is 0 Å². The molecule has 1 aliphatic rings. The van der Waals surface area contributed by atoms with Gasteiger partial charge in [0.1, 0.15) is 5.82 Å². The lowest BCUT2D eigenvalue weighted by Crippen LogP contribution is -2.43. The maximum Gasteiger partial charge on any atom is 0.319 e. The molecular weight excluding hydrogens is 437 g/mol. The van der Waals surface area contributed by atoms with Gasteiger partial charge in [0.25, 0.3) is 0 Å². The number of piperidine rings is 1. The Morgan fingerprint density at radius 2 is 2.03 bits per heavy atom. The molecule has 1 fully saturated rings. The number of halogens is 1. The summed E-state index contributed by atoms with van der Waals surface area (Å²) in [6.07, 6.45) is 5.14. The van der Waals surface area contributed by atoms with Crippen molar-refractivity contribution in [3.05, 3.63) is 59.9 Å². The number of amides is 3. The summed E-state index contributed by atoms with van der Waals surface area (Å²) in [6, 6.07) is 10.9. The molecule has 0 saturated carbocycles. The van der Waals surface area contributed by atoms with Gasteiger partial charge in [0.2, 0.25) is 5.91 Å². The van der Waals surface area contributed by atoms with E-state index in [1.54, 1.807) is 30.2 Å². The van der Waals surface area contributed by atoms with E-state index in [1.807, 2.05) is 32.0 Å². The molecule has 0 aliphatic carbocycles. The van der Waals surface area contributed by atoms with Crippen LogP contribution in [0.25, 0.3) is 6.08 Å². The first-order valence-corrected chi connectivity index (χ1v) is 11.5. The Bertz CT molecular complexity index is 1020. The minimum Gasteiger partial charge on any atom is -0.493 e. The topological polar surface area (TPSA) is 79.9 Å². The van der Waals surface area contributed by atoms with Gasteiger partial charge in [0.05, 0.1) is 13.2 Å². The highest BCUT2D eigenvalue weighted by Crippen LogP contribution is 2.29. The molecule has 0 bridgehead atoms. The largest absolute Gasteiger partial charge is 0.493 e. The number of benzene rings is 2. The molecule has 1 aliphatic heterocycles. The summed E-state index contributed by atoms with van der Waals surface area (Å²) in [4.78, 5) is 26.7. The number of hydrogen-bond donors (Lipinski definition) is 2. The van der Waals surface area contributed by atoms with Gasteiger partial charge in [-0.2, -0.15) is 0 Å². The van der Waals surface area contributed by atoms with Gasteiger partial charge < -0.3 is 25.0 Å². The van der Waals surface area contributed by atoms with Crippen molar-refractivity contribution in [2.45, 2.75) is 32.8 Å². The molecule has 34 heavy (non-hydrogen) atoms.